The SMILES string of the molecule is CN(CC1CCCCC1)c1ccc(Cl)cc1CN. The van der Waals surface area contributed by atoms with E-state index in [1.807, 2.05) is 12.1 Å². The van der Waals surface area contributed by atoms with Crippen LogP contribution in [-0.4, -0.2) is 13.6 Å². The monoisotopic (exact) mass is 266 g/mol. The maximum Gasteiger partial charge on any atom is 0.0410 e. The van der Waals surface area contributed by atoms with Crippen LogP contribution in [0.4, 0.5) is 5.69 Å². The molecule has 0 aromatic heterocycles. The Morgan fingerprint density at radius 2 is 2.00 bits per heavy atom. The Morgan fingerprint density at radius 3 is 2.67 bits per heavy atom. The van der Waals surface area contributed by atoms with Crippen LogP contribution in [0.2, 0.25) is 5.02 Å². The quantitative estimate of drug-likeness (QED) is 0.898. The molecule has 0 bridgehead atoms. The summed E-state index contributed by atoms with van der Waals surface area (Å²) in [5.74, 6) is 0.838. The molecule has 1 saturated carbocycles. The van der Waals surface area contributed by atoms with Gasteiger partial charge in [-0.1, -0.05) is 30.9 Å². The van der Waals surface area contributed by atoms with Crippen molar-refractivity contribution in [3.05, 3.63) is 28.8 Å². The normalized spacial score (nSPS) is 16.8. The number of hydrogen-bond acceptors (Lipinski definition) is 2. The van der Waals surface area contributed by atoms with Gasteiger partial charge in [0.05, 0.1) is 0 Å². The lowest BCUT2D eigenvalue weighted by Gasteiger charge is -2.29. The van der Waals surface area contributed by atoms with E-state index in [4.69, 9.17) is 17.3 Å². The van der Waals surface area contributed by atoms with Crippen molar-refractivity contribution >= 4 is 17.3 Å². The summed E-state index contributed by atoms with van der Waals surface area (Å²) in [4.78, 5) is 2.34. The third-order valence-electron chi connectivity index (χ3n) is 3.93. The van der Waals surface area contributed by atoms with Crippen molar-refractivity contribution in [3.8, 4) is 0 Å². The standard InChI is InChI=1S/C15H23ClN2/c1-18(11-12-5-3-2-4-6-12)15-8-7-14(16)9-13(15)10-17/h7-9,12H,2-6,10-11,17H2,1H3. The van der Waals surface area contributed by atoms with E-state index in [1.165, 1.54) is 37.8 Å². The minimum atomic E-state index is 0.547. The molecule has 0 unspecified atom stereocenters. The van der Waals surface area contributed by atoms with Gasteiger partial charge in [-0.3, -0.25) is 0 Å². The minimum Gasteiger partial charge on any atom is -0.374 e. The Bertz CT molecular complexity index is 386. The Balaban J connectivity index is 2.05. The zero-order chi connectivity index (χ0) is 13.0. The fourth-order valence-corrected chi connectivity index (χ4v) is 3.14. The van der Waals surface area contributed by atoms with Gasteiger partial charge in [-0.05, 0) is 42.5 Å². The van der Waals surface area contributed by atoms with Gasteiger partial charge in [0.2, 0.25) is 0 Å². The van der Waals surface area contributed by atoms with Gasteiger partial charge >= 0.3 is 0 Å². The molecule has 1 aromatic carbocycles. The largest absolute Gasteiger partial charge is 0.374 e. The second kappa shape index (κ2) is 6.44. The van der Waals surface area contributed by atoms with Crippen LogP contribution in [-0.2, 0) is 6.54 Å². The summed E-state index contributed by atoms with van der Waals surface area (Å²) in [6.07, 6.45) is 6.94. The molecule has 0 spiro atoms. The maximum absolute atomic E-state index is 6.02. The fraction of sp³-hybridized carbons (Fsp3) is 0.600. The van der Waals surface area contributed by atoms with E-state index in [0.717, 1.165) is 23.0 Å². The molecule has 2 nitrogen and oxygen atoms in total. The summed E-state index contributed by atoms with van der Waals surface area (Å²) in [6, 6.07) is 6.02. The highest BCUT2D eigenvalue weighted by Crippen LogP contribution is 2.28. The summed E-state index contributed by atoms with van der Waals surface area (Å²) >= 11 is 6.02. The first-order valence-corrected chi connectivity index (χ1v) is 7.28. The van der Waals surface area contributed by atoms with E-state index >= 15 is 0 Å². The highest BCUT2D eigenvalue weighted by Gasteiger charge is 2.16. The molecular formula is C15H23ClN2. The Hall–Kier alpha value is -0.730. The first-order valence-electron chi connectivity index (χ1n) is 6.90. The summed E-state index contributed by atoms with van der Waals surface area (Å²) in [5, 5.41) is 0.769. The summed E-state index contributed by atoms with van der Waals surface area (Å²) in [5.41, 5.74) is 8.17. The van der Waals surface area contributed by atoms with Crippen LogP contribution in [0.15, 0.2) is 18.2 Å². The molecule has 0 radical (unpaired) electrons. The summed E-state index contributed by atoms with van der Waals surface area (Å²) in [6.45, 7) is 1.68. The molecule has 0 heterocycles. The van der Waals surface area contributed by atoms with Gasteiger partial charge in [-0.25, -0.2) is 0 Å². The molecule has 1 aromatic rings. The number of nitrogens with zero attached hydrogens (tertiary/aromatic N) is 1. The highest BCUT2D eigenvalue weighted by molar-refractivity contribution is 6.30. The number of benzene rings is 1. The Morgan fingerprint density at radius 1 is 1.28 bits per heavy atom. The molecule has 0 saturated heterocycles. The summed E-state index contributed by atoms with van der Waals surface area (Å²) in [7, 11) is 2.16. The molecule has 0 aliphatic heterocycles. The van der Waals surface area contributed by atoms with Crippen molar-refractivity contribution in [2.75, 3.05) is 18.5 Å². The third kappa shape index (κ3) is 3.39. The van der Waals surface area contributed by atoms with E-state index < -0.39 is 0 Å². The summed E-state index contributed by atoms with van der Waals surface area (Å²) < 4.78 is 0. The van der Waals surface area contributed by atoms with Crippen LogP contribution in [0.25, 0.3) is 0 Å². The number of hydrogen-bond donors (Lipinski definition) is 1. The molecule has 1 fully saturated rings. The third-order valence-corrected chi connectivity index (χ3v) is 4.16. The van der Waals surface area contributed by atoms with Crippen molar-refractivity contribution < 1.29 is 0 Å². The maximum atomic E-state index is 6.02. The lowest BCUT2D eigenvalue weighted by molar-refractivity contribution is 0.362. The van der Waals surface area contributed by atoms with Gasteiger partial charge in [-0.15, -0.1) is 0 Å². The second-order valence-corrected chi connectivity index (χ2v) is 5.80. The van der Waals surface area contributed by atoms with Crippen LogP contribution < -0.4 is 10.6 Å². The van der Waals surface area contributed by atoms with Gasteiger partial charge in [0, 0.05) is 30.8 Å². The van der Waals surface area contributed by atoms with Crippen molar-refractivity contribution in [1.29, 1.82) is 0 Å². The average molecular weight is 267 g/mol. The molecule has 100 valence electrons. The predicted octanol–water partition coefficient (Wildman–Crippen LogP) is 3.82. The van der Waals surface area contributed by atoms with Crippen LogP contribution in [0, 0.1) is 5.92 Å². The zero-order valence-electron chi connectivity index (χ0n) is 11.2. The van der Waals surface area contributed by atoms with Crippen molar-refractivity contribution in [1.82, 2.24) is 0 Å². The van der Waals surface area contributed by atoms with Crippen molar-refractivity contribution in [2.24, 2.45) is 11.7 Å². The molecular weight excluding hydrogens is 244 g/mol. The lowest BCUT2D eigenvalue weighted by atomic mass is 9.89. The zero-order valence-corrected chi connectivity index (χ0v) is 11.9. The van der Waals surface area contributed by atoms with Gasteiger partial charge in [0.15, 0.2) is 0 Å². The minimum absolute atomic E-state index is 0.547. The lowest BCUT2D eigenvalue weighted by Crippen LogP contribution is -2.27. The second-order valence-electron chi connectivity index (χ2n) is 5.36. The molecule has 3 heteroatoms. The van der Waals surface area contributed by atoms with Gasteiger partial charge in [0.25, 0.3) is 0 Å². The molecule has 2 rings (SSSR count). The first kappa shape index (κ1) is 13.7. The van der Waals surface area contributed by atoms with Crippen molar-refractivity contribution in [2.45, 2.75) is 38.6 Å². The number of anilines is 1. The first-order chi connectivity index (χ1) is 8.70. The number of halogens is 1. The molecule has 1 aliphatic carbocycles. The van der Waals surface area contributed by atoms with Gasteiger partial charge < -0.3 is 10.6 Å². The molecule has 0 amide bonds. The molecule has 0 atom stereocenters. The van der Waals surface area contributed by atoms with Crippen LogP contribution in [0.3, 0.4) is 0 Å². The van der Waals surface area contributed by atoms with Crippen LogP contribution in [0.1, 0.15) is 37.7 Å². The number of nitrogens with two attached hydrogens (primary N) is 1. The van der Waals surface area contributed by atoms with Gasteiger partial charge in [0.1, 0.15) is 0 Å². The van der Waals surface area contributed by atoms with Crippen LogP contribution in [0.5, 0.6) is 0 Å². The molecule has 18 heavy (non-hydrogen) atoms. The van der Waals surface area contributed by atoms with Crippen LogP contribution >= 0.6 is 11.6 Å². The predicted molar refractivity (Wildman–Crippen MR) is 79.2 cm³/mol. The smallest absolute Gasteiger partial charge is 0.0410 e. The Kier molecular flexibility index (Phi) is 4.90. The van der Waals surface area contributed by atoms with E-state index in [1.54, 1.807) is 0 Å². The van der Waals surface area contributed by atoms with E-state index in [2.05, 4.69) is 18.0 Å². The molecule has 2 N–H and O–H groups in total. The van der Waals surface area contributed by atoms with E-state index in [-0.39, 0.29) is 0 Å². The van der Waals surface area contributed by atoms with E-state index in [0.29, 0.717) is 6.54 Å². The average Bonchev–Trinajstić information content (AvgIpc) is 2.39. The fourth-order valence-electron chi connectivity index (χ4n) is 2.95. The highest BCUT2D eigenvalue weighted by atomic mass is 35.5. The number of rotatable bonds is 4. The van der Waals surface area contributed by atoms with Crippen molar-refractivity contribution in [3.63, 3.8) is 0 Å². The van der Waals surface area contributed by atoms with Gasteiger partial charge in [-0.2, -0.15) is 0 Å². The Labute approximate surface area is 115 Å². The molecule has 1 aliphatic rings. The van der Waals surface area contributed by atoms with E-state index in [9.17, 15) is 0 Å². The topological polar surface area (TPSA) is 29.3 Å².